The lowest BCUT2D eigenvalue weighted by molar-refractivity contribution is 0.610. The molecule has 0 atom stereocenters. The zero-order chi connectivity index (χ0) is 13.0. The molecule has 0 aliphatic rings. The van der Waals surface area contributed by atoms with Gasteiger partial charge < -0.3 is 0 Å². The summed E-state index contributed by atoms with van der Waals surface area (Å²) in [6, 6.07) is 15.6. The molecule has 0 aliphatic carbocycles. The average Bonchev–Trinajstić information content (AvgIpc) is 2.39. The van der Waals surface area contributed by atoms with Crippen molar-refractivity contribution in [1.82, 2.24) is 0 Å². The van der Waals surface area contributed by atoms with Crippen molar-refractivity contribution in [3.8, 4) is 0 Å². The van der Waals surface area contributed by atoms with Crippen LogP contribution in [0.25, 0.3) is 0 Å². The molecule has 0 unspecified atom stereocenters. The Morgan fingerprint density at radius 3 is 2.22 bits per heavy atom. The molecule has 0 fully saturated rings. The van der Waals surface area contributed by atoms with Crippen LogP contribution in [0.5, 0.6) is 0 Å². The Labute approximate surface area is 115 Å². The van der Waals surface area contributed by atoms with E-state index >= 15 is 0 Å². The first-order chi connectivity index (χ1) is 8.59. The van der Waals surface area contributed by atoms with Crippen molar-refractivity contribution >= 4 is 31.3 Å². The monoisotopic (exact) mass is 298 g/mol. The lowest BCUT2D eigenvalue weighted by atomic mass is 10.2. The highest BCUT2D eigenvalue weighted by Crippen LogP contribution is 2.28. The molecule has 0 saturated heterocycles. The Kier molecular flexibility index (Phi) is 4.32. The van der Waals surface area contributed by atoms with Crippen molar-refractivity contribution < 1.29 is 8.42 Å². The highest BCUT2D eigenvalue weighted by Gasteiger charge is 2.15. The largest absolute Gasteiger partial charge is 0.230 e. The maximum Gasteiger partial charge on any atom is 0.230 e. The van der Waals surface area contributed by atoms with Gasteiger partial charge in [0.2, 0.25) is 8.87 Å². The minimum Gasteiger partial charge on any atom is -0.212 e. The Bertz CT molecular complexity index is 624. The van der Waals surface area contributed by atoms with Crippen LogP contribution in [0.15, 0.2) is 59.5 Å². The van der Waals surface area contributed by atoms with Crippen molar-refractivity contribution in [2.24, 2.45) is 0 Å². The molecule has 2 aromatic carbocycles. The van der Waals surface area contributed by atoms with Crippen molar-refractivity contribution in [2.75, 3.05) is 0 Å². The standard InChI is InChI=1S/C13H11ClO2S2/c14-13-9-5-4-6-11(13)10-17-18(15,16)12-7-2-1-3-8-12/h1-9H,10H2. The predicted molar refractivity (Wildman–Crippen MR) is 76.4 cm³/mol. The van der Waals surface area contributed by atoms with E-state index in [-0.39, 0.29) is 0 Å². The van der Waals surface area contributed by atoms with Crippen LogP contribution in [0.1, 0.15) is 5.56 Å². The molecular weight excluding hydrogens is 288 g/mol. The van der Waals surface area contributed by atoms with E-state index in [1.54, 1.807) is 36.4 Å². The van der Waals surface area contributed by atoms with Crippen LogP contribution in [0.4, 0.5) is 0 Å². The third kappa shape index (κ3) is 3.28. The van der Waals surface area contributed by atoms with Gasteiger partial charge in [0.15, 0.2) is 0 Å². The second-order valence-electron chi connectivity index (χ2n) is 3.62. The van der Waals surface area contributed by atoms with Crippen molar-refractivity contribution in [2.45, 2.75) is 10.6 Å². The number of hydrogen-bond donors (Lipinski definition) is 0. The van der Waals surface area contributed by atoms with Gasteiger partial charge in [-0.05, 0) is 34.6 Å². The molecule has 94 valence electrons. The summed E-state index contributed by atoms with van der Waals surface area (Å²) >= 11 is 5.99. The van der Waals surface area contributed by atoms with Gasteiger partial charge in [0.05, 0.1) is 4.90 Å². The van der Waals surface area contributed by atoms with Gasteiger partial charge in [0, 0.05) is 10.8 Å². The van der Waals surface area contributed by atoms with Crippen molar-refractivity contribution in [3.05, 3.63) is 65.2 Å². The third-order valence-electron chi connectivity index (χ3n) is 2.36. The molecule has 0 heterocycles. The predicted octanol–water partition coefficient (Wildman–Crippen LogP) is 3.96. The fourth-order valence-electron chi connectivity index (χ4n) is 1.41. The van der Waals surface area contributed by atoms with Gasteiger partial charge in [-0.1, -0.05) is 48.0 Å². The highest BCUT2D eigenvalue weighted by molar-refractivity contribution is 8.71. The summed E-state index contributed by atoms with van der Waals surface area (Å²) < 4.78 is 24.1. The maximum absolute atomic E-state index is 12.0. The van der Waals surface area contributed by atoms with Crippen molar-refractivity contribution in [1.29, 1.82) is 0 Å². The van der Waals surface area contributed by atoms with Crippen LogP contribution in [-0.4, -0.2) is 8.42 Å². The first kappa shape index (κ1) is 13.5. The molecule has 0 aromatic heterocycles. The van der Waals surface area contributed by atoms with E-state index in [1.807, 2.05) is 18.2 Å². The zero-order valence-corrected chi connectivity index (χ0v) is 11.8. The van der Waals surface area contributed by atoms with E-state index in [2.05, 4.69) is 0 Å². The van der Waals surface area contributed by atoms with E-state index in [1.165, 1.54) is 0 Å². The van der Waals surface area contributed by atoms with E-state index in [9.17, 15) is 8.42 Å². The van der Waals surface area contributed by atoms with E-state index < -0.39 is 8.87 Å². The van der Waals surface area contributed by atoms with Gasteiger partial charge in [-0.3, -0.25) is 0 Å². The summed E-state index contributed by atoms with van der Waals surface area (Å²) in [5.74, 6) is 0.344. The summed E-state index contributed by atoms with van der Waals surface area (Å²) in [6.07, 6.45) is 0. The van der Waals surface area contributed by atoms with Gasteiger partial charge in [0.25, 0.3) is 0 Å². The Hall–Kier alpha value is -0.970. The number of hydrogen-bond acceptors (Lipinski definition) is 3. The third-order valence-corrected chi connectivity index (χ3v) is 6.18. The molecule has 2 rings (SSSR count). The van der Waals surface area contributed by atoms with Crippen LogP contribution in [-0.2, 0) is 14.6 Å². The molecule has 0 radical (unpaired) electrons. The molecule has 2 nitrogen and oxygen atoms in total. The average molecular weight is 299 g/mol. The summed E-state index contributed by atoms with van der Waals surface area (Å²) in [6.45, 7) is 0. The Balaban J connectivity index is 2.14. The molecular formula is C13H11ClO2S2. The second-order valence-corrected chi connectivity index (χ2v) is 7.96. The molecule has 0 amide bonds. The normalized spacial score (nSPS) is 11.4. The second kappa shape index (κ2) is 5.78. The SMILES string of the molecule is O=S(=O)(SCc1ccccc1Cl)c1ccccc1. The minimum atomic E-state index is -3.32. The highest BCUT2D eigenvalue weighted by atomic mass is 35.5. The van der Waals surface area contributed by atoms with Crippen LogP contribution in [0.3, 0.4) is 0 Å². The summed E-state index contributed by atoms with van der Waals surface area (Å²) in [7, 11) is -2.43. The van der Waals surface area contributed by atoms with Crippen molar-refractivity contribution in [3.63, 3.8) is 0 Å². The van der Waals surface area contributed by atoms with Crippen LogP contribution in [0, 0.1) is 0 Å². The molecule has 2 aromatic rings. The molecule has 5 heteroatoms. The first-order valence-corrected chi connectivity index (χ1v) is 8.64. The van der Waals surface area contributed by atoms with E-state index in [4.69, 9.17) is 11.6 Å². The first-order valence-electron chi connectivity index (χ1n) is 5.27. The Morgan fingerprint density at radius 1 is 0.944 bits per heavy atom. The van der Waals surface area contributed by atoms with Gasteiger partial charge in [-0.2, -0.15) is 0 Å². The molecule has 0 bridgehead atoms. The maximum atomic E-state index is 12.0. The molecule has 0 spiro atoms. The van der Waals surface area contributed by atoms with E-state index in [0.717, 1.165) is 16.4 Å². The minimum absolute atomic E-state index is 0.321. The summed E-state index contributed by atoms with van der Waals surface area (Å²) in [5, 5.41) is 0.591. The van der Waals surface area contributed by atoms with Gasteiger partial charge in [0.1, 0.15) is 0 Å². The van der Waals surface area contributed by atoms with Gasteiger partial charge in [-0.15, -0.1) is 0 Å². The van der Waals surface area contributed by atoms with Gasteiger partial charge >= 0.3 is 0 Å². The fraction of sp³-hybridized carbons (Fsp3) is 0.0769. The zero-order valence-electron chi connectivity index (χ0n) is 9.41. The lowest BCUT2D eigenvalue weighted by Crippen LogP contribution is -1.96. The quantitative estimate of drug-likeness (QED) is 0.801. The van der Waals surface area contributed by atoms with Crippen LogP contribution in [0.2, 0.25) is 5.02 Å². The summed E-state index contributed by atoms with van der Waals surface area (Å²) in [4.78, 5) is 0.321. The number of rotatable bonds is 4. The van der Waals surface area contributed by atoms with Crippen LogP contribution >= 0.6 is 22.4 Å². The smallest absolute Gasteiger partial charge is 0.212 e. The molecule has 0 N–H and O–H groups in total. The Morgan fingerprint density at radius 2 is 1.56 bits per heavy atom. The topological polar surface area (TPSA) is 34.1 Å². The fourth-order valence-corrected chi connectivity index (χ4v) is 4.44. The van der Waals surface area contributed by atoms with Crippen LogP contribution < -0.4 is 0 Å². The number of halogens is 1. The van der Waals surface area contributed by atoms with Gasteiger partial charge in [-0.25, -0.2) is 8.42 Å². The molecule has 0 saturated carbocycles. The van der Waals surface area contributed by atoms with E-state index in [0.29, 0.717) is 15.7 Å². The number of benzene rings is 2. The molecule has 0 aliphatic heterocycles. The lowest BCUT2D eigenvalue weighted by Gasteiger charge is -2.05. The summed E-state index contributed by atoms with van der Waals surface area (Å²) in [5.41, 5.74) is 0.823. The molecule has 18 heavy (non-hydrogen) atoms.